The van der Waals surface area contributed by atoms with E-state index in [9.17, 15) is 5.26 Å². The van der Waals surface area contributed by atoms with Gasteiger partial charge in [-0.25, -0.2) is 4.98 Å². The summed E-state index contributed by atoms with van der Waals surface area (Å²) in [6.45, 7) is 8.40. The molecule has 2 aromatic heterocycles. The van der Waals surface area contributed by atoms with Gasteiger partial charge in [-0.1, -0.05) is 38.5 Å². The monoisotopic (exact) mass is 409 g/mol. The quantitative estimate of drug-likeness (QED) is 0.572. The summed E-state index contributed by atoms with van der Waals surface area (Å²) < 4.78 is 2.07. The number of hydrogen-bond acceptors (Lipinski definition) is 4. The smallest absolute Gasteiger partial charge is 0.141 e. The Morgan fingerprint density at radius 2 is 1.94 bits per heavy atom. The van der Waals surface area contributed by atoms with Gasteiger partial charge >= 0.3 is 0 Å². The lowest BCUT2D eigenvalue weighted by molar-refractivity contribution is 0.268. The van der Waals surface area contributed by atoms with Crippen LogP contribution in [0.5, 0.6) is 0 Å². The van der Waals surface area contributed by atoms with Crippen LogP contribution < -0.4 is 0 Å². The lowest BCUT2D eigenvalue weighted by Crippen LogP contribution is -2.19. The molecule has 0 bridgehead atoms. The Morgan fingerprint density at radius 1 is 1.13 bits per heavy atom. The van der Waals surface area contributed by atoms with Gasteiger partial charge < -0.3 is 4.90 Å². The minimum atomic E-state index is 0.335. The highest BCUT2D eigenvalue weighted by Gasteiger charge is 2.29. The predicted molar refractivity (Wildman–Crippen MR) is 123 cm³/mol. The molecule has 3 heterocycles. The first-order chi connectivity index (χ1) is 15.0. The largest absolute Gasteiger partial charge is 0.370 e. The van der Waals surface area contributed by atoms with Crippen LogP contribution in [0.3, 0.4) is 0 Å². The highest BCUT2D eigenvalue weighted by atomic mass is 15.3. The zero-order valence-corrected chi connectivity index (χ0v) is 18.2. The Morgan fingerprint density at radius 3 is 2.71 bits per heavy atom. The standard InChI is InChI=1S/C26H27N5/c1-18-24-12-19(6-7-20(24)15-30(18)3)25-23(9-8-22(13-27)29-25)21-14-28-31(16-21)17-26(2)10-4-5-11-26/h6-9,12,14,16H,1,4-5,10-11,15,17H2,2-3H3. The van der Waals surface area contributed by atoms with E-state index >= 15 is 0 Å². The van der Waals surface area contributed by atoms with Crippen molar-refractivity contribution >= 4 is 5.70 Å². The van der Waals surface area contributed by atoms with Crippen molar-refractivity contribution in [3.05, 3.63) is 66.1 Å². The van der Waals surface area contributed by atoms with Crippen molar-refractivity contribution in [3.8, 4) is 28.5 Å². The number of fused-ring (bicyclic) bond motifs is 1. The van der Waals surface area contributed by atoms with E-state index in [-0.39, 0.29) is 0 Å². The highest BCUT2D eigenvalue weighted by Crippen LogP contribution is 2.40. The van der Waals surface area contributed by atoms with E-state index in [1.165, 1.54) is 31.2 Å². The van der Waals surface area contributed by atoms with E-state index in [0.29, 0.717) is 11.1 Å². The fraction of sp³-hybridized carbons (Fsp3) is 0.346. The number of nitrogens with zero attached hydrogens (tertiary/aromatic N) is 5. The lowest BCUT2D eigenvalue weighted by Gasteiger charge is -2.22. The number of nitriles is 1. The molecule has 5 nitrogen and oxygen atoms in total. The third-order valence-electron chi connectivity index (χ3n) is 6.87. The molecule has 1 aliphatic carbocycles. The van der Waals surface area contributed by atoms with Crippen molar-refractivity contribution in [2.24, 2.45) is 5.41 Å². The number of hydrogen-bond donors (Lipinski definition) is 0. The maximum atomic E-state index is 9.44. The normalized spacial score (nSPS) is 17.1. The Hall–Kier alpha value is -3.39. The third kappa shape index (κ3) is 3.53. The Balaban J connectivity index is 1.55. The molecule has 1 aliphatic heterocycles. The number of rotatable bonds is 4. The van der Waals surface area contributed by atoms with Gasteiger partial charge in [-0.05, 0) is 42.0 Å². The minimum absolute atomic E-state index is 0.335. The van der Waals surface area contributed by atoms with Crippen molar-refractivity contribution in [2.45, 2.75) is 45.7 Å². The Kier molecular flexibility index (Phi) is 4.66. The van der Waals surface area contributed by atoms with E-state index in [0.717, 1.165) is 46.7 Å². The molecule has 0 atom stereocenters. The summed E-state index contributed by atoms with van der Waals surface area (Å²) in [5.41, 5.74) is 8.04. The predicted octanol–water partition coefficient (Wildman–Crippen LogP) is 5.48. The van der Waals surface area contributed by atoms with Crippen LogP contribution in [0.25, 0.3) is 28.1 Å². The van der Waals surface area contributed by atoms with Gasteiger partial charge in [0.15, 0.2) is 0 Å². The molecule has 5 heteroatoms. The van der Waals surface area contributed by atoms with Gasteiger partial charge in [-0.2, -0.15) is 10.4 Å². The summed E-state index contributed by atoms with van der Waals surface area (Å²) >= 11 is 0. The van der Waals surface area contributed by atoms with E-state index in [1.54, 1.807) is 6.07 Å². The van der Waals surface area contributed by atoms with Gasteiger partial charge in [0.25, 0.3) is 0 Å². The molecule has 156 valence electrons. The molecule has 0 unspecified atom stereocenters. The van der Waals surface area contributed by atoms with E-state index in [2.05, 4.69) is 65.7 Å². The molecular formula is C26H27N5. The van der Waals surface area contributed by atoms with Gasteiger partial charge in [0.1, 0.15) is 11.8 Å². The third-order valence-corrected chi connectivity index (χ3v) is 6.87. The molecule has 1 saturated carbocycles. The first-order valence-electron chi connectivity index (χ1n) is 10.9. The first-order valence-corrected chi connectivity index (χ1v) is 10.9. The van der Waals surface area contributed by atoms with Crippen LogP contribution in [0.4, 0.5) is 0 Å². The van der Waals surface area contributed by atoms with Crippen molar-refractivity contribution in [3.63, 3.8) is 0 Å². The van der Waals surface area contributed by atoms with Crippen LogP contribution >= 0.6 is 0 Å². The number of pyridine rings is 1. The van der Waals surface area contributed by atoms with Crippen molar-refractivity contribution in [2.75, 3.05) is 7.05 Å². The van der Waals surface area contributed by atoms with Crippen molar-refractivity contribution in [1.29, 1.82) is 5.26 Å². The van der Waals surface area contributed by atoms with Crippen LogP contribution in [0, 0.1) is 16.7 Å². The first kappa shape index (κ1) is 19.6. The van der Waals surface area contributed by atoms with Gasteiger partial charge in [0.05, 0.1) is 11.9 Å². The molecule has 5 rings (SSSR count). The zero-order valence-electron chi connectivity index (χ0n) is 18.2. The summed E-state index contributed by atoms with van der Waals surface area (Å²) in [7, 11) is 2.06. The summed E-state index contributed by atoms with van der Waals surface area (Å²) in [5.74, 6) is 0. The van der Waals surface area contributed by atoms with E-state index in [4.69, 9.17) is 4.98 Å². The molecule has 0 amide bonds. The van der Waals surface area contributed by atoms with Gasteiger partial charge in [-0.3, -0.25) is 4.68 Å². The van der Waals surface area contributed by atoms with Crippen LogP contribution in [-0.2, 0) is 13.1 Å². The van der Waals surface area contributed by atoms with Crippen LogP contribution in [0.2, 0.25) is 0 Å². The van der Waals surface area contributed by atoms with Gasteiger partial charge in [-0.15, -0.1) is 0 Å². The van der Waals surface area contributed by atoms with Crippen LogP contribution in [0.15, 0.2) is 49.3 Å². The summed E-state index contributed by atoms with van der Waals surface area (Å²) in [6.07, 6.45) is 9.19. The highest BCUT2D eigenvalue weighted by molar-refractivity contribution is 5.83. The summed E-state index contributed by atoms with van der Waals surface area (Å²) in [4.78, 5) is 6.85. The van der Waals surface area contributed by atoms with Crippen molar-refractivity contribution in [1.82, 2.24) is 19.7 Å². The molecule has 0 radical (unpaired) electrons. The second kappa shape index (κ2) is 7.39. The molecule has 1 aromatic carbocycles. The lowest BCUT2D eigenvalue weighted by atomic mass is 9.89. The van der Waals surface area contributed by atoms with Crippen molar-refractivity contribution < 1.29 is 0 Å². The van der Waals surface area contributed by atoms with Crippen LogP contribution in [0.1, 0.15) is 49.4 Å². The minimum Gasteiger partial charge on any atom is -0.370 e. The summed E-state index contributed by atoms with van der Waals surface area (Å²) in [6, 6.07) is 12.4. The molecule has 31 heavy (non-hydrogen) atoms. The Labute approximate surface area is 183 Å². The average Bonchev–Trinajstić information content (AvgIpc) is 3.48. The fourth-order valence-corrected chi connectivity index (χ4v) is 5.03. The second-order valence-electron chi connectivity index (χ2n) is 9.32. The van der Waals surface area contributed by atoms with Crippen LogP contribution in [-0.4, -0.2) is 26.7 Å². The van der Waals surface area contributed by atoms with Gasteiger partial charge in [0.2, 0.25) is 0 Å². The fourth-order valence-electron chi connectivity index (χ4n) is 5.03. The molecule has 1 fully saturated rings. The maximum Gasteiger partial charge on any atom is 0.141 e. The van der Waals surface area contributed by atoms with E-state index < -0.39 is 0 Å². The molecule has 0 saturated heterocycles. The summed E-state index contributed by atoms with van der Waals surface area (Å²) in [5, 5.41) is 14.1. The molecule has 2 aliphatic rings. The average molecular weight is 410 g/mol. The maximum absolute atomic E-state index is 9.44. The number of benzene rings is 1. The molecular weight excluding hydrogens is 382 g/mol. The molecule has 3 aromatic rings. The van der Waals surface area contributed by atoms with Gasteiger partial charge in [0, 0.05) is 54.3 Å². The van der Waals surface area contributed by atoms with E-state index in [1.807, 2.05) is 12.3 Å². The number of aromatic nitrogens is 3. The SMILES string of the molecule is C=C1c2cc(-c3nc(C#N)ccc3-c3cnn(CC4(C)CCCC4)c3)ccc2CN1C. The second-order valence-corrected chi connectivity index (χ2v) is 9.32. The zero-order chi connectivity index (χ0) is 21.6. The molecule has 0 spiro atoms. The Bertz CT molecular complexity index is 1210. The molecule has 0 N–H and O–H groups in total. The topological polar surface area (TPSA) is 57.7 Å².